The number of hydrogen-bond acceptors (Lipinski definition) is 3. The molecule has 1 heterocycles. The molecule has 4 nitrogen and oxygen atoms in total. The van der Waals surface area contributed by atoms with Crippen molar-refractivity contribution in [1.29, 1.82) is 0 Å². The van der Waals surface area contributed by atoms with Crippen molar-refractivity contribution in [3.05, 3.63) is 29.8 Å². The monoisotopic (exact) mass is 347 g/mol. The van der Waals surface area contributed by atoms with Gasteiger partial charge in [0.1, 0.15) is 0 Å². The van der Waals surface area contributed by atoms with Crippen LogP contribution in [0.1, 0.15) is 31.7 Å². The zero-order chi connectivity index (χ0) is 14.5. The minimum atomic E-state index is -0.0503. The second kappa shape index (κ2) is 9.93. The number of nitrogens with two attached hydrogens (primary N) is 1. The molecule has 0 spiro atoms. The SMILES string of the molecule is Cc1cccc(NC2CCN(C(=O)CC(C)N)CC2)c1.Cl.Cl. The van der Waals surface area contributed by atoms with E-state index in [1.54, 1.807) is 0 Å². The lowest BCUT2D eigenvalue weighted by Crippen LogP contribution is -2.43. The van der Waals surface area contributed by atoms with Crippen LogP contribution in [0.3, 0.4) is 0 Å². The highest BCUT2D eigenvalue weighted by Gasteiger charge is 2.22. The number of anilines is 1. The molecule has 1 fully saturated rings. The lowest BCUT2D eigenvalue weighted by atomic mass is 10.0. The summed E-state index contributed by atoms with van der Waals surface area (Å²) >= 11 is 0. The lowest BCUT2D eigenvalue weighted by Gasteiger charge is -2.33. The van der Waals surface area contributed by atoms with Crippen molar-refractivity contribution < 1.29 is 4.79 Å². The van der Waals surface area contributed by atoms with Gasteiger partial charge in [0, 0.05) is 37.3 Å². The first-order valence-corrected chi connectivity index (χ1v) is 7.41. The quantitative estimate of drug-likeness (QED) is 0.880. The molecule has 1 unspecified atom stereocenters. The molecule has 126 valence electrons. The molecular formula is C16H27Cl2N3O. The van der Waals surface area contributed by atoms with E-state index >= 15 is 0 Å². The molecule has 6 heteroatoms. The molecule has 1 aliphatic heterocycles. The van der Waals surface area contributed by atoms with Crippen LogP contribution in [0.2, 0.25) is 0 Å². The molecule has 1 saturated heterocycles. The third-order valence-electron chi connectivity index (χ3n) is 3.73. The van der Waals surface area contributed by atoms with Gasteiger partial charge in [0.05, 0.1) is 0 Å². The number of halogens is 2. The van der Waals surface area contributed by atoms with Crippen LogP contribution in [0, 0.1) is 6.92 Å². The molecule has 2 rings (SSSR count). The highest BCUT2D eigenvalue weighted by Crippen LogP contribution is 2.18. The Hall–Kier alpha value is -0.970. The Kier molecular flexibility index (Phi) is 9.49. The molecule has 1 aromatic carbocycles. The third kappa shape index (κ3) is 6.42. The van der Waals surface area contributed by atoms with Gasteiger partial charge in [0.15, 0.2) is 0 Å². The van der Waals surface area contributed by atoms with Crippen molar-refractivity contribution in [3.63, 3.8) is 0 Å². The molecule has 0 saturated carbocycles. The fraction of sp³-hybridized carbons (Fsp3) is 0.562. The Balaban J connectivity index is 0.00000220. The van der Waals surface area contributed by atoms with Crippen LogP contribution in [-0.4, -0.2) is 36.0 Å². The fourth-order valence-corrected chi connectivity index (χ4v) is 2.65. The van der Waals surface area contributed by atoms with E-state index in [1.165, 1.54) is 11.3 Å². The highest BCUT2D eigenvalue weighted by molar-refractivity contribution is 5.85. The molecule has 3 N–H and O–H groups in total. The second-order valence-electron chi connectivity index (χ2n) is 5.85. The average Bonchev–Trinajstić information content (AvgIpc) is 2.38. The van der Waals surface area contributed by atoms with E-state index in [4.69, 9.17) is 5.73 Å². The summed E-state index contributed by atoms with van der Waals surface area (Å²) in [6.45, 7) is 5.63. The summed E-state index contributed by atoms with van der Waals surface area (Å²) in [5, 5.41) is 3.56. The first-order chi connectivity index (χ1) is 9.54. The topological polar surface area (TPSA) is 58.4 Å². The molecule has 22 heavy (non-hydrogen) atoms. The summed E-state index contributed by atoms with van der Waals surface area (Å²) in [6, 6.07) is 8.83. The Bertz CT molecular complexity index is 460. The normalized spacial score (nSPS) is 16.2. The summed E-state index contributed by atoms with van der Waals surface area (Å²) in [4.78, 5) is 13.9. The molecule has 0 bridgehead atoms. The molecule has 0 radical (unpaired) electrons. The van der Waals surface area contributed by atoms with E-state index < -0.39 is 0 Å². The van der Waals surface area contributed by atoms with Gasteiger partial charge in [-0.2, -0.15) is 0 Å². The lowest BCUT2D eigenvalue weighted by molar-refractivity contribution is -0.132. The maximum absolute atomic E-state index is 11.9. The molecule has 1 aromatic rings. The number of benzene rings is 1. The van der Waals surface area contributed by atoms with Crippen molar-refractivity contribution in [2.24, 2.45) is 5.73 Å². The number of rotatable bonds is 4. The maximum atomic E-state index is 11.9. The summed E-state index contributed by atoms with van der Waals surface area (Å²) in [6.07, 6.45) is 2.45. The number of hydrogen-bond donors (Lipinski definition) is 2. The Morgan fingerprint density at radius 2 is 2.00 bits per heavy atom. The second-order valence-corrected chi connectivity index (χ2v) is 5.85. The minimum Gasteiger partial charge on any atom is -0.382 e. The minimum absolute atomic E-state index is 0. The van der Waals surface area contributed by atoms with Gasteiger partial charge in [-0.05, 0) is 44.4 Å². The van der Waals surface area contributed by atoms with E-state index in [2.05, 4.69) is 36.5 Å². The largest absolute Gasteiger partial charge is 0.382 e. The third-order valence-corrected chi connectivity index (χ3v) is 3.73. The van der Waals surface area contributed by atoms with Crippen molar-refractivity contribution in [2.45, 2.75) is 45.2 Å². The molecular weight excluding hydrogens is 321 g/mol. The molecule has 1 amide bonds. The first kappa shape index (κ1) is 21.0. The number of carbonyl (C=O) groups excluding carboxylic acids is 1. The predicted molar refractivity (Wildman–Crippen MR) is 97.2 cm³/mol. The van der Waals surface area contributed by atoms with Crippen LogP contribution in [0.25, 0.3) is 0 Å². The zero-order valence-corrected chi connectivity index (χ0v) is 14.9. The molecule has 0 aliphatic carbocycles. The Labute approximate surface area is 145 Å². The number of likely N-dealkylation sites (tertiary alicyclic amines) is 1. The molecule has 0 aromatic heterocycles. The van der Waals surface area contributed by atoms with E-state index in [9.17, 15) is 4.79 Å². The predicted octanol–water partition coefficient (Wildman–Crippen LogP) is 2.98. The summed E-state index contributed by atoms with van der Waals surface area (Å²) in [5.41, 5.74) is 8.12. The summed E-state index contributed by atoms with van der Waals surface area (Å²) in [5.74, 6) is 0.189. The fourth-order valence-electron chi connectivity index (χ4n) is 2.65. The molecule has 1 atom stereocenters. The van der Waals surface area contributed by atoms with Crippen LogP contribution < -0.4 is 11.1 Å². The van der Waals surface area contributed by atoms with Crippen molar-refractivity contribution in [1.82, 2.24) is 4.90 Å². The van der Waals surface area contributed by atoms with E-state index in [1.807, 2.05) is 11.8 Å². The summed E-state index contributed by atoms with van der Waals surface area (Å²) in [7, 11) is 0. The van der Waals surface area contributed by atoms with Gasteiger partial charge in [-0.25, -0.2) is 0 Å². The van der Waals surface area contributed by atoms with Crippen molar-refractivity contribution in [3.8, 4) is 0 Å². The highest BCUT2D eigenvalue weighted by atomic mass is 35.5. The first-order valence-electron chi connectivity index (χ1n) is 7.41. The number of piperidine rings is 1. The van der Waals surface area contributed by atoms with Crippen molar-refractivity contribution >= 4 is 36.4 Å². The smallest absolute Gasteiger partial charge is 0.224 e. The van der Waals surface area contributed by atoms with E-state index in [0.29, 0.717) is 12.5 Å². The van der Waals surface area contributed by atoms with E-state index in [0.717, 1.165) is 25.9 Å². The standard InChI is InChI=1S/C16H25N3O.2ClH/c1-12-4-3-5-15(10-12)18-14-6-8-19(9-7-14)16(20)11-13(2)17;;/h3-5,10,13-14,18H,6-9,11,17H2,1-2H3;2*1H. The van der Waals surface area contributed by atoms with Gasteiger partial charge in [-0.15, -0.1) is 24.8 Å². The number of nitrogens with one attached hydrogen (secondary N) is 1. The number of amides is 1. The van der Waals surface area contributed by atoms with Gasteiger partial charge < -0.3 is 16.0 Å². The van der Waals surface area contributed by atoms with Gasteiger partial charge in [-0.3, -0.25) is 4.79 Å². The van der Waals surface area contributed by atoms with Gasteiger partial charge in [-0.1, -0.05) is 12.1 Å². The van der Waals surface area contributed by atoms with Gasteiger partial charge >= 0.3 is 0 Å². The number of aryl methyl sites for hydroxylation is 1. The number of carbonyl (C=O) groups is 1. The van der Waals surface area contributed by atoms with E-state index in [-0.39, 0.29) is 36.8 Å². The van der Waals surface area contributed by atoms with Gasteiger partial charge in [0.2, 0.25) is 5.91 Å². The van der Waals surface area contributed by atoms with Crippen LogP contribution in [0.15, 0.2) is 24.3 Å². The summed E-state index contributed by atoms with van der Waals surface area (Å²) < 4.78 is 0. The zero-order valence-electron chi connectivity index (χ0n) is 13.2. The van der Waals surface area contributed by atoms with Crippen LogP contribution in [-0.2, 0) is 4.79 Å². The van der Waals surface area contributed by atoms with Crippen molar-refractivity contribution in [2.75, 3.05) is 18.4 Å². The Morgan fingerprint density at radius 1 is 1.36 bits per heavy atom. The average molecular weight is 348 g/mol. The van der Waals surface area contributed by atoms with Crippen LogP contribution >= 0.6 is 24.8 Å². The number of nitrogens with zero attached hydrogens (tertiary/aromatic N) is 1. The van der Waals surface area contributed by atoms with Crippen LogP contribution in [0.5, 0.6) is 0 Å². The van der Waals surface area contributed by atoms with Gasteiger partial charge in [0.25, 0.3) is 0 Å². The Morgan fingerprint density at radius 3 is 2.55 bits per heavy atom. The van der Waals surface area contributed by atoms with Crippen LogP contribution in [0.4, 0.5) is 5.69 Å². The molecule has 1 aliphatic rings. The maximum Gasteiger partial charge on any atom is 0.224 e.